The number of hydrogen-bond acceptors (Lipinski definition) is 6. The Labute approximate surface area is 154 Å². The molecule has 0 N–H and O–H groups in total. The lowest BCUT2D eigenvalue weighted by molar-refractivity contribution is 0.0479. The fraction of sp³-hybridized carbons (Fsp3) is 0.684. The highest BCUT2D eigenvalue weighted by Gasteiger charge is 2.31. The molecule has 0 unspecified atom stereocenters. The zero-order chi connectivity index (χ0) is 18.7. The van der Waals surface area contributed by atoms with Crippen molar-refractivity contribution in [2.45, 2.75) is 25.8 Å². The van der Waals surface area contributed by atoms with Gasteiger partial charge in [-0.15, -0.1) is 0 Å². The molecule has 7 nitrogen and oxygen atoms in total. The maximum Gasteiger partial charge on any atom is 0.289 e. The fourth-order valence-corrected chi connectivity index (χ4v) is 3.93. The number of piperidine rings is 1. The first-order valence-corrected chi connectivity index (χ1v) is 9.38. The van der Waals surface area contributed by atoms with E-state index in [9.17, 15) is 9.59 Å². The normalized spacial score (nSPS) is 21.6. The molecule has 26 heavy (non-hydrogen) atoms. The summed E-state index contributed by atoms with van der Waals surface area (Å²) in [5.41, 5.74) is -0.333. The SMILES string of the molecule is COc1coc(C(=O)N2CCC([C@H](C)N3CCN(C)CC3)CC2)cc1=O. The number of nitrogens with zero attached hydrogens (tertiary/aromatic N) is 3. The fourth-order valence-electron chi connectivity index (χ4n) is 3.93. The molecular weight excluding hydrogens is 334 g/mol. The van der Waals surface area contributed by atoms with Gasteiger partial charge in [0.1, 0.15) is 6.26 Å². The van der Waals surface area contributed by atoms with Crippen LogP contribution < -0.4 is 10.2 Å². The van der Waals surface area contributed by atoms with Gasteiger partial charge in [0.25, 0.3) is 5.91 Å². The van der Waals surface area contributed by atoms with Gasteiger partial charge in [0.15, 0.2) is 5.76 Å². The first-order chi connectivity index (χ1) is 12.5. The number of ether oxygens (including phenoxy) is 1. The molecule has 1 atom stereocenters. The van der Waals surface area contributed by atoms with E-state index in [1.165, 1.54) is 19.4 Å². The third-order valence-corrected chi connectivity index (χ3v) is 5.85. The number of methoxy groups -OCH3 is 1. The monoisotopic (exact) mass is 363 g/mol. The molecule has 1 aromatic heterocycles. The number of hydrogen-bond donors (Lipinski definition) is 0. The molecule has 0 aliphatic carbocycles. The minimum Gasteiger partial charge on any atom is -0.490 e. The van der Waals surface area contributed by atoms with E-state index in [0.717, 1.165) is 39.0 Å². The molecule has 7 heteroatoms. The first kappa shape index (κ1) is 18.9. The molecule has 2 saturated heterocycles. The molecule has 1 amide bonds. The summed E-state index contributed by atoms with van der Waals surface area (Å²) in [5, 5.41) is 0. The third kappa shape index (κ3) is 4.10. The Balaban J connectivity index is 1.55. The van der Waals surface area contributed by atoms with E-state index < -0.39 is 0 Å². The Bertz CT molecular complexity index is 674. The minimum atomic E-state index is -0.333. The van der Waals surface area contributed by atoms with Crippen LogP contribution in [0.2, 0.25) is 0 Å². The number of likely N-dealkylation sites (tertiary alicyclic amines) is 1. The van der Waals surface area contributed by atoms with Crippen molar-refractivity contribution in [1.29, 1.82) is 0 Å². The molecule has 0 bridgehead atoms. The Morgan fingerprint density at radius 2 is 1.85 bits per heavy atom. The van der Waals surface area contributed by atoms with E-state index in [4.69, 9.17) is 9.15 Å². The van der Waals surface area contributed by atoms with Gasteiger partial charge in [-0.1, -0.05) is 0 Å². The van der Waals surface area contributed by atoms with Crippen molar-refractivity contribution in [2.24, 2.45) is 5.92 Å². The quantitative estimate of drug-likeness (QED) is 0.799. The van der Waals surface area contributed by atoms with Gasteiger partial charge in [-0.2, -0.15) is 0 Å². The number of amides is 1. The van der Waals surface area contributed by atoms with Crippen molar-refractivity contribution in [3.05, 3.63) is 28.3 Å². The highest BCUT2D eigenvalue weighted by Crippen LogP contribution is 2.25. The van der Waals surface area contributed by atoms with Crippen LogP contribution in [0.25, 0.3) is 0 Å². The zero-order valence-electron chi connectivity index (χ0n) is 15.9. The second-order valence-corrected chi connectivity index (χ2v) is 7.39. The summed E-state index contributed by atoms with van der Waals surface area (Å²) in [6.07, 6.45) is 3.18. The van der Waals surface area contributed by atoms with Crippen molar-refractivity contribution in [3.63, 3.8) is 0 Å². The van der Waals surface area contributed by atoms with E-state index in [0.29, 0.717) is 25.0 Å². The predicted molar refractivity (Wildman–Crippen MR) is 98.7 cm³/mol. The van der Waals surface area contributed by atoms with Crippen molar-refractivity contribution in [2.75, 3.05) is 53.4 Å². The van der Waals surface area contributed by atoms with Crippen LogP contribution in [0.1, 0.15) is 30.3 Å². The molecule has 2 fully saturated rings. The maximum atomic E-state index is 12.6. The van der Waals surface area contributed by atoms with Crippen LogP contribution in [-0.4, -0.2) is 80.1 Å². The van der Waals surface area contributed by atoms with E-state index in [2.05, 4.69) is 23.8 Å². The van der Waals surface area contributed by atoms with Crippen molar-refractivity contribution in [1.82, 2.24) is 14.7 Å². The van der Waals surface area contributed by atoms with Crippen LogP contribution in [-0.2, 0) is 0 Å². The summed E-state index contributed by atoms with van der Waals surface area (Å²) >= 11 is 0. The number of carbonyl (C=O) groups is 1. The molecule has 0 aromatic carbocycles. The van der Waals surface area contributed by atoms with Crippen LogP contribution in [0.3, 0.4) is 0 Å². The molecule has 2 aliphatic heterocycles. The van der Waals surface area contributed by atoms with Gasteiger partial charge in [0.2, 0.25) is 11.2 Å². The largest absolute Gasteiger partial charge is 0.490 e. The molecule has 3 rings (SSSR count). The Kier molecular flexibility index (Phi) is 5.98. The summed E-state index contributed by atoms with van der Waals surface area (Å²) in [5.74, 6) is 0.586. The number of carbonyl (C=O) groups excluding carboxylic acids is 1. The Morgan fingerprint density at radius 1 is 1.19 bits per heavy atom. The molecule has 1 aromatic rings. The van der Waals surface area contributed by atoms with Gasteiger partial charge in [-0.05, 0) is 32.7 Å². The van der Waals surface area contributed by atoms with Crippen LogP contribution in [0.4, 0.5) is 0 Å². The smallest absolute Gasteiger partial charge is 0.289 e. The summed E-state index contributed by atoms with van der Waals surface area (Å²) in [6.45, 7) is 8.21. The van der Waals surface area contributed by atoms with Crippen LogP contribution in [0.5, 0.6) is 5.75 Å². The van der Waals surface area contributed by atoms with Crippen LogP contribution >= 0.6 is 0 Å². The predicted octanol–water partition coefficient (Wildman–Crippen LogP) is 1.14. The average Bonchev–Trinajstić information content (AvgIpc) is 2.67. The molecule has 0 radical (unpaired) electrons. The van der Waals surface area contributed by atoms with Gasteiger partial charge in [-0.25, -0.2) is 0 Å². The lowest BCUT2D eigenvalue weighted by atomic mass is 9.89. The second-order valence-electron chi connectivity index (χ2n) is 7.39. The van der Waals surface area contributed by atoms with Crippen molar-refractivity contribution >= 4 is 5.91 Å². The van der Waals surface area contributed by atoms with Crippen LogP contribution in [0, 0.1) is 5.92 Å². The van der Waals surface area contributed by atoms with E-state index in [1.807, 2.05) is 0 Å². The summed E-state index contributed by atoms with van der Waals surface area (Å²) in [7, 11) is 3.57. The molecular formula is C19H29N3O4. The lowest BCUT2D eigenvalue weighted by Crippen LogP contribution is -2.52. The number of rotatable bonds is 4. The average molecular weight is 363 g/mol. The summed E-state index contributed by atoms with van der Waals surface area (Å²) in [4.78, 5) is 31.2. The Morgan fingerprint density at radius 3 is 2.42 bits per heavy atom. The van der Waals surface area contributed by atoms with Crippen molar-refractivity contribution < 1.29 is 13.9 Å². The number of piperazine rings is 1. The van der Waals surface area contributed by atoms with Crippen LogP contribution in [0.15, 0.2) is 21.5 Å². The van der Waals surface area contributed by atoms with Gasteiger partial charge >= 0.3 is 0 Å². The highest BCUT2D eigenvalue weighted by molar-refractivity contribution is 5.91. The molecule has 3 heterocycles. The van der Waals surface area contributed by atoms with E-state index in [1.54, 1.807) is 4.90 Å². The number of likely N-dealkylation sites (N-methyl/N-ethyl adjacent to an activating group) is 1. The van der Waals surface area contributed by atoms with Gasteiger partial charge in [0.05, 0.1) is 7.11 Å². The minimum absolute atomic E-state index is 0.0846. The summed E-state index contributed by atoms with van der Waals surface area (Å²) in [6, 6.07) is 1.76. The van der Waals surface area contributed by atoms with Gasteiger partial charge in [0, 0.05) is 51.4 Å². The standard InChI is InChI=1S/C19H29N3O4/c1-14(21-10-8-20(2)9-11-21)15-4-6-22(7-5-15)19(24)17-12-16(23)18(25-3)13-26-17/h12-15H,4-11H2,1-3H3/t14-/m0/s1. The lowest BCUT2D eigenvalue weighted by Gasteiger charge is -2.42. The van der Waals surface area contributed by atoms with Crippen molar-refractivity contribution in [3.8, 4) is 5.75 Å². The molecule has 0 spiro atoms. The second kappa shape index (κ2) is 8.22. The van der Waals surface area contributed by atoms with Gasteiger partial charge < -0.3 is 19.0 Å². The van der Waals surface area contributed by atoms with E-state index >= 15 is 0 Å². The highest BCUT2D eigenvalue weighted by atomic mass is 16.5. The maximum absolute atomic E-state index is 12.6. The molecule has 2 aliphatic rings. The third-order valence-electron chi connectivity index (χ3n) is 5.85. The topological polar surface area (TPSA) is 66.2 Å². The molecule has 0 saturated carbocycles. The van der Waals surface area contributed by atoms with Gasteiger partial charge in [-0.3, -0.25) is 14.5 Å². The molecule has 144 valence electrons. The first-order valence-electron chi connectivity index (χ1n) is 9.38. The van der Waals surface area contributed by atoms with E-state index in [-0.39, 0.29) is 22.8 Å². The summed E-state index contributed by atoms with van der Waals surface area (Å²) < 4.78 is 10.2. The zero-order valence-corrected chi connectivity index (χ0v) is 15.9. The Hall–Kier alpha value is -1.86.